The molecule has 0 radical (unpaired) electrons. The zero-order valence-electron chi connectivity index (χ0n) is 13.6. The fourth-order valence-electron chi connectivity index (χ4n) is 2.40. The summed E-state index contributed by atoms with van der Waals surface area (Å²) in [5.74, 6) is 1.86. The van der Waals surface area contributed by atoms with Crippen molar-refractivity contribution < 1.29 is 17.9 Å². The third-order valence-corrected chi connectivity index (χ3v) is 5.53. The Labute approximate surface area is 147 Å². The van der Waals surface area contributed by atoms with Crippen molar-refractivity contribution in [3.63, 3.8) is 0 Å². The molecule has 7 nitrogen and oxygen atoms in total. The Morgan fingerprint density at radius 1 is 1.42 bits per heavy atom. The second kappa shape index (κ2) is 8.70. The van der Waals surface area contributed by atoms with Crippen LogP contribution in [0, 0.1) is 0 Å². The summed E-state index contributed by atoms with van der Waals surface area (Å²) in [5.41, 5.74) is 0. The molecule has 1 aromatic carbocycles. The SMILES string of the molecule is CC1CNCCN1C(=O)CSCCOc1ccc(S(N)(=O)=O)cc1. The summed E-state index contributed by atoms with van der Waals surface area (Å²) >= 11 is 1.53. The van der Waals surface area contributed by atoms with Gasteiger partial charge in [-0.05, 0) is 31.2 Å². The van der Waals surface area contributed by atoms with Crippen LogP contribution in [-0.2, 0) is 14.8 Å². The molecule has 1 aliphatic rings. The fraction of sp³-hybridized carbons (Fsp3) is 0.533. The van der Waals surface area contributed by atoms with Gasteiger partial charge < -0.3 is 15.0 Å². The number of nitrogens with two attached hydrogens (primary N) is 1. The van der Waals surface area contributed by atoms with E-state index in [1.54, 1.807) is 12.1 Å². The maximum absolute atomic E-state index is 12.1. The quantitative estimate of drug-likeness (QED) is 0.665. The summed E-state index contributed by atoms with van der Waals surface area (Å²) < 4.78 is 27.8. The lowest BCUT2D eigenvalue weighted by molar-refractivity contribution is -0.131. The van der Waals surface area contributed by atoms with Gasteiger partial charge in [-0.2, -0.15) is 0 Å². The summed E-state index contributed by atoms with van der Waals surface area (Å²) in [6, 6.07) is 6.19. The molecule has 1 saturated heterocycles. The van der Waals surface area contributed by atoms with Crippen LogP contribution < -0.4 is 15.2 Å². The lowest BCUT2D eigenvalue weighted by atomic mass is 10.2. The van der Waals surface area contributed by atoms with E-state index >= 15 is 0 Å². The smallest absolute Gasteiger partial charge is 0.238 e. The van der Waals surface area contributed by atoms with Gasteiger partial charge in [0.05, 0.1) is 17.3 Å². The van der Waals surface area contributed by atoms with Crippen LogP contribution in [0.1, 0.15) is 6.92 Å². The molecule has 2 rings (SSSR count). The lowest BCUT2D eigenvalue weighted by Crippen LogP contribution is -2.52. The predicted octanol–water partition coefficient (Wildman–Crippen LogP) is 0.266. The number of ether oxygens (including phenoxy) is 1. The van der Waals surface area contributed by atoms with Gasteiger partial charge in [0.15, 0.2) is 0 Å². The first-order valence-electron chi connectivity index (χ1n) is 7.71. The van der Waals surface area contributed by atoms with Crippen molar-refractivity contribution in [2.45, 2.75) is 17.9 Å². The molecule has 1 atom stereocenters. The van der Waals surface area contributed by atoms with Gasteiger partial charge in [0.1, 0.15) is 5.75 Å². The molecule has 134 valence electrons. The van der Waals surface area contributed by atoms with Gasteiger partial charge >= 0.3 is 0 Å². The van der Waals surface area contributed by atoms with Crippen LogP contribution in [0.5, 0.6) is 5.75 Å². The molecule has 0 spiro atoms. The topological polar surface area (TPSA) is 102 Å². The minimum atomic E-state index is -3.68. The van der Waals surface area contributed by atoms with Crippen molar-refractivity contribution in [2.24, 2.45) is 5.14 Å². The Balaban J connectivity index is 1.67. The second-order valence-electron chi connectivity index (χ2n) is 5.56. The van der Waals surface area contributed by atoms with Gasteiger partial charge in [0, 0.05) is 31.4 Å². The molecule has 0 bridgehead atoms. The molecule has 0 saturated carbocycles. The van der Waals surface area contributed by atoms with Gasteiger partial charge in [0.25, 0.3) is 0 Å². The molecule has 1 aliphatic heterocycles. The first-order valence-corrected chi connectivity index (χ1v) is 10.4. The summed E-state index contributed by atoms with van der Waals surface area (Å²) in [4.78, 5) is 14.1. The maximum atomic E-state index is 12.1. The molecular formula is C15H23N3O4S2. The van der Waals surface area contributed by atoms with Gasteiger partial charge in [0.2, 0.25) is 15.9 Å². The number of benzene rings is 1. The monoisotopic (exact) mass is 373 g/mol. The van der Waals surface area contributed by atoms with E-state index in [0.29, 0.717) is 23.9 Å². The molecular weight excluding hydrogens is 350 g/mol. The first-order chi connectivity index (χ1) is 11.4. The molecule has 1 amide bonds. The average Bonchev–Trinajstić information content (AvgIpc) is 2.54. The summed E-state index contributed by atoms with van der Waals surface area (Å²) in [6.45, 7) is 4.94. The number of carbonyl (C=O) groups excluding carboxylic acids is 1. The van der Waals surface area contributed by atoms with Gasteiger partial charge in [-0.25, -0.2) is 13.6 Å². The second-order valence-corrected chi connectivity index (χ2v) is 8.22. The van der Waals surface area contributed by atoms with E-state index in [1.807, 2.05) is 11.8 Å². The molecule has 1 heterocycles. The van der Waals surface area contributed by atoms with E-state index in [9.17, 15) is 13.2 Å². The number of hydrogen-bond donors (Lipinski definition) is 2. The highest BCUT2D eigenvalue weighted by Crippen LogP contribution is 2.15. The van der Waals surface area contributed by atoms with E-state index in [0.717, 1.165) is 19.6 Å². The molecule has 0 aromatic heterocycles. The molecule has 1 unspecified atom stereocenters. The van der Waals surface area contributed by atoms with E-state index in [-0.39, 0.29) is 16.8 Å². The summed E-state index contributed by atoms with van der Waals surface area (Å²) in [5, 5.41) is 8.30. The van der Waals surface area contributed by atoms with Crippen LogP contribution in [0.2, 0.25) is 0 Å². The molecule has 3 N–H and O–H groups in total. The number of sulfonamides is 1. The third-order valence-electron chi connectivity index (χ3n) is 3.70. The van der Waals surface area contributed by atoms with Crippen LogP contribution in [-0.4, -0.2) is 63.0 Å². The number of piperazine rings is 1. The number of nitrogens with one attached hydrogen (secondary N) is 1. The highest BCUT2D eigenvalue weighted by Gasteiger charge is 2.22. The van der Waals surface area contributed by atoms with Crippen LogP contribution >= 0.6 is 11.8 Å². The third kappa shape index (κ3) is 5.66. The number of amides is 1. The Morgan fingerprint density at radius 3 is 2.75 bits per heavy atom. The van der Waals surface area contributed by atoms with Gasteiger partial charge in [-0.15, -0.1) is 11.8 Å². The molecule has 24 heavy (non-hydrogen) atoms. The van der Waals surface area contributed by atoms with Crippen molar-refractivity contribution in [2.75, 3.05) is 37.7 Å². The van der Waals surface area contributed by atoms with E-state index < -0.39 is 10.0 Å². The van der Waals surface area contributed by atoms with Crippen molar-refractivity contribution in [3.8, 4) is 5.75 Å². The lowest BCUT2D eigenvalue weighted by Gasteiger charge is -2.33. The predicted molar refractivity (Wildman–Crippen MR) is 94.7 cm³/mol. The van der Waals surface area contributed by atoms with E-state index in [2.05, 4.69) is 5.32 Å². The van der Waals surface area contributed by atoms with E-state index in [4.69, 9.17) is 9.88 Å². The zero-order chi connectivity index (χ0) is 17.6. The van der Waals surface area contributed by atoms with Crippen molar-refractivity contribution in [1.82, 2.24) is 10.2 Å². The number of primary sulfonamides is 1. The normalized spacial score (nSPS) is 18.4. The molecule has 1 fully saturated rings. The summed E-state index contributed by atoms with van der Waals surface area (Å²) in [7, 11) is -3.68. The zero-order valence-corrected chi connectivity index (χ0v) is 15.2. The number of rotatable bonds is 7. The molecule has 1 aromatic rings. The van der Waals surface area contributed by atoms with Crippen molar-refractivity contribution in [1.29, 1.82) is 0 Å². The molecule has 9 heteroatoms. The Hall–Kier alpha value is -1.29. The highest BCUT2D eigenvalue weighted by atomic mass is 32.2. The van der Waals surface area contributed by atoms with Crippen LogP contribution in [0.25, 0.3) is 0 Å². The van der Waals surface area contributed by atoms with Gasteiger partial charge in [-0.1, -0.05) is 0 Å². The summed E-state index contributed by atoms with van der Waals surface area (Å²) in [6.07, 6.45) is 0. The highest BCUT2D eigenvalue weighted by molar-refractivity contribution is 7.99. The number of thioether (sulfide) groups is 1. The van der Waals surface area contributed by atoms with Crippen LogP contribution in [0.3, 0.4) is 0 Å². The average molecular weight is 374 g/mol. The minimum absolute atomic E-state index is 0.0555. The minimum Gasteiger partial charge on any atom is -0.493 e. The largest absolute Gasteiger partial charge is 0.493 e. The van der Waals surface area contributed by atoms with Crippen molar-refractivity contribution in [3.05, 3.63) is 24.3 Å². The number of carbonyl (C=O) groups is 1. The van der Waals surface area contributed by atoms with Crippen LogP contribution in [0.15, 0.2) is 29.2 Å². The fourth-order valence-corrected chi connectivity index (χ4v) is 3.60. The van der Waals surface area contributed by atoms with Gasteiger partial charge in [-0.3, -0.25) is 4.79 Å². The number of hydrogen-bond acceptors (Lipinski definition) is 6. The Morgan fingerprint density at radius 2 is 2.12 bits per heavy atom. The Bertz CT molecular complexity index is 649. The first kappa shape index (κ1) is 19.0. The van der Waals surface area contributed by atoms with Crippen molar-refractivity contribution >= 4 is 27.7 Å². The Kier molecular flexibility index (Phi) is 6.90. The molecule has 0 aliphatic carbocycles. The van der Waals surface area contributed by atoms with Crippen LogP contribution in [0.4, 0.5) is 0 Å². The van der Waals surface area contributed by atoms with E-state index in [1.165, 1.54) is 23.9 Å². The number of nitrogens with zero attached hydrogens (tertiary/aromatic N) is 1. The maximum Gasteiger partial charge on any atom is 0.238 e. The standard InChI is InChI=1S/C15H23N3O4S2/c1-12-10-17-6-7-18(12)15(19)11-23-9-8-22-13-2-4-14(5-3-13)24(16,20)21/h2-5,12,17H,6-11H2,1H3,(H2,16,20,21).